The molecule has 1 aliphatic rings. The Morgan fingerprint density at radius 1 is 1.15 bits per heavy atom. The van der Waals surface area contributed by atoms with E-state index in [2.05, 4.69) is 37.7 Å². The SMILES string of the molecule is COc1ccn2c(-c3cc(NCc4ccc(/C(C=N)=C/NC5CC5)cc4)ncn3)cnc2c1. The fraction of sp³-hybridized carbons (Fsp3) is 0.200. The topological polar surface area (TPSA) is 100 Å². The summed E-state index contributed by atoms with van der Waals surface area (Å²) in [6.07, 6.45) is 11.0. The molecular formula is C25H25N7O. The zero-order chi connectivity index (χ0) is 22.6. The number of allylic oxidation sites excluding steroid dienone is 1. The molecule has 0 saturated heterocycles. The minimum atomic E-state index is 0.574. The number of fused-ring (bicyclic) bond motifs is 1. The second-order valence-electron chi connectivity index (χ2n) is 7.96. The number of benzene rings is 1. The lowest BCUT2D eigenvalue weighted by molar-refractivity contribution is 0.414. The minimum Gasteiger partial charge on any atom is -0.497 e. The van der Waals surface area contributed by atoms with E-state index in [0.29, 0.717) is 12.6 Å². The van der Waals surface area contributed by atoms with E-state index in [4.69, 9.17) is 10.1 Å². The Morgan fingerprint density at radius 3 is 2.76 bits per heavy atom. The molecule has 0 bridgehead atoms. The molecule has 0 atom stereocenters. The average molecular weight is 440 g/mol. The van der Waals surface area contributed by atoms with Crippen LogP contribution in [-0.4, -0.2) is 38.7 Å². The maximum atomic E-state index is 7.69. The molecular weight excluding hydrogens is 414 g/mol. The van der Waals surface area contributed by atoms with Crippen molar-refractivity contribution in [1.82, 2.24) is 24.7 Å². The Balaban J connectivity index is 1.27. The van der Waals surface area contributed by atoms with E-state index in [-0.39, 0.29) is 0 Å². The molecule has 0 spiro atoms. The fourth-order valence-electron chi connectivity index (χ4n) is 3.55. The van der Waals surface area contributed by atoms with E-state index in [9.17, 15) is 0 Å². The van der Waals surface area contributed by atoms with Gasteiger partial charge in [-0.05, 0) is 30.0 Å². The molecule has 3 N–H and O–H groups in total. The van der Waals surface area contributed by atoms with Crippen molar-refractivity contribution in [2.45, 2.75) is 25.4 Å². The van der Waals surface area contributed by atoms with Crippen molar-refractivity contribution in [3.63, 3.8) is 0 Å². The molecule has 1 fully saturated rings. The quantitative estimate of drug-likeness (QED) is 0.339. The van der Waals surface area contributed by atoms with Crippen LogP contribution >= 0.6 is 0 Å². The van der Waals surface area contributed by atoms with Crippen LogP contribution in [0.15, 0.2) is 67.4 Å². The number of ether oxygens (including phenoxy) is 1. The number of nitrogens with zero attached hydrogens (tertiary/aromatic N) is 4. The van der Waals surface area contributed by atoms with Gasteiger partial charge in [0.1, 0.15) is 23.5 Å². The van der Waals surface area contributed by atoms with Crippen LogP contribution in [0.5, 0.6) is 5.75 Å². The van der Waals surface area contributed by atoms with Gasteiger partial charge in [0.25, 0.3) is 0 Å². The largest absolute Gasteiger partial charge is 0.497 e. The molecule has 0 radical (unpaired) electrons. The molecule has 4 aromatic rings. The fourth-order valence-corrected chi connectivity index (χ4v) is 3.55. The molecule has 1 aromatic carbocycles. The van der Waals surface area contributed by atoms with Gasteiger partial charge in [-0.3, -0.25) is 4.40 Å². The van der Waals surface area contributed by atoms with Gasteiger partial charge in [-0.25, -0.2) is 15.0 Å². The first-order chi connectivity index (χ1) is 16.2. The maximum absolute atomic E-state index is 7.69. The third-order valence-electron chi connectivity index (χ3n) is 5.62. The van der Waals surface area contributed by atoms with Crippen molar-refractivity contribution in [2.75, 3.05) is 12.4 Å². The number of hydrogen-bond acceptors (Lipinski definition) is 7. The summed E-state index contributed by atoms with van der Waals surface area (Å²) in [5.41, 5.74) is 5.49. The number of hydrogen-bond donors (Lipinski definition) is 3. The summed E-state index contributed by atoms with van der Waals surface area (Å²) in [6, 6.07) is 14.5. The highest BCUT2D eigenvalue weighted by Crippen LogP contribution is 2.23. The molecule has 1 saturated carbocycles. The maximum Gasteiger partial charge on any atom is 0.140 e. The Morgan fingerprint density at radius 2 is 2.00 bits per heavy atom. The zero-order valence-electron chi connectivity index (χ0n) is 18.3. The lowest BCUT2D eigenvalue weighted by Crippen LogP contribution is -2.08. The molecule has 0 aliphatic heterocycles. The van der Waals surface area contributed by atoms with Gasteiger partial charge in [0.05, 0.1) is 24.7 Å². The Hall–Kier alpha value is -4.20. The Labute approximate surface area is 191 Å². The van der Waals surface area contributed by atoms with Crippen LogP contribution in [0.1, 0.15) is 24.0 Å². The van der Waals surface area contributed by atoms with Crippen molar-refractivity contribution >= 4 is 23.3 Å². The molecule has 3 heterocycles. The number of nitrogens with one attached hydrogen (secondary N) is 3. The third kappa shape index (κ3) is 4.69. The number of anilines is 1. The van der Waals surface area contributed by atoms with Crippen molar-refractivity contribution in [3.05, 3.63) is 78.5 Å². The summed E-state index contributed by atoms with van der Waals surface area (Å²) in [5, 5.41) is 14.4. The van der Waals surface area contributed by atoms with E-state index < -0.39 is 0 Å². The van der Waals surface area contributed by atoms with Gasteiger partial charge in [-0.15, -0.1) is 0 Å². The van der Waals surface area contributed by atoms with E-state index in [1.54, 1.807) is 19.6 Å². The van der Waals surface area contributed by atoms with Crippen molar-refractivity contribution in [1.29, 1.82) is 5.41 Å². The number of aromatic nitrogens is 4. The highest BCUT2D eigenvalue weighted by Gasteiger charge is 2.19. The summed E-state index contributed by atoms with van der Waals surface area (Å²) in [7, 11) is 1.64. The van der Waals surface area contributed by atoms with Crippen LogP contribution in [0, 0.1) is 5.41 Å². The van der Waals surface area contributed by atoms with Crippen molar-refractivity contribution in [2.24, 2.45) is 0 Å². The molecule has 0 amide bonds. The first kappa shape index (κ1) is 20.7. The van der Waals surface area contributed by atoms with Crippen LogP contribution < -0.4 is 15.4 Å². The number of imidazole rings is 1. The number of pyridine rings is 1. The van der Waals surface area contributed by atoms with Gasteiger partial charge in [-0.1, -0.05) is 24.3 Å². The summed E-state index contributed by atoms with van der Waals surface area (Å²) < 4.78 is 7.25. The molecule has 1 aliphatic carbocycles. The smallest absolute Gasteiger partial charge is 0.140 e. The summed E-state index contributed by atoms with van der Waals surface area (Å²) in [5.74, 6) is 1.50. The van der Waals surface area contributed by atoms with Gasteiger partial charge in [0.2, 0.25) is 0 Å². The summed E-state index contributed by atoms with van der Waals surface area (Å²) in [6.45, 7) is 0.630. The average Bonchev–Trinajstić information content (AvgIpc) is 3.60. The third-order valence-corrected chi connectivity index (χ3v) is 5.62. The first-order valence-electron chi connectivity index (χ1n) is 10.9. The van der Waals surface area contributed by atoms with Gasteiger partial charge in [0.15, 0.2) is 0 Å². The lowest BCUT2D eigenvalue weighted by Gasteiger charge is -2.09. The molecule has 33 heavy (non-hydrogen) atoms. The Bertz CT molecular complexity index is 1310. The highest BCUT2D eigenvalue weighted by atomic mass is 16.5. The second-order valence-corrected chi connectivity index (χ2v) is 7.96. The van der Waals surface area contributed by atoms with E-state index in [1.165, 1.54) is 19.1 Å². The van der Waals surface area contributed by atoms with Crippen LogP contribution in [0.3, 0.4) is 0 Å². The molecule has 3 aromatic heterocycles. The predicted octanol–water partition coefficient (Wildman–Crippen LogP) is 4.15. The summed E-state index contributed by atoms with van der Waals surface area (Å²) in [4.78, 5) is 13.2. The molecule has 8 nitrogen and oxygen atoms in total. The molecule has 166 valence electrons. The van der Waals surface area contributed by atoms with Crippen molar-refractivity contribution in [3.8, 4) is 17.1 Å². The van der Waals surface area contributed by atoms with Crippen LogP contribution in [-0.2, 0) is 6.54 Å². The standard InChI is InChI=1S/C25H25N7O/c1-33-21-8-9-32-23(15-29-25(32)10-21)22-11-24(31-16-30-22)28-13-17-2-4-18(5-3-17)19(12-26)14-27-20-6-7-20/h2-5,8-12,14-16,20,26-27H,6-7,13H2,1H3,(H,28,30,31)/b19-14+,26-12?. The van der Waals surface area contributed by atoms with Gasteiger partial charge in [0, 0.05) is 48.9 Å². The number of rotatable bonds is 9. The van der Waals surface area contributed by atoms with E-state index in [0.717, 1.165) is 45.3 Å². The van der Waals surface area contributed by atoms with E-state index >= 15 is 0 Å². The monoisotopic (exact) mass is 439 g/mol. The first-order valence-corrected chi connectivity index (χ1v) is 10.9. The molecule has 5 rings (SSSR count). The van der Waals surface area contributed by atoms with Gasteiger partial charge in [-0.2, -0.15) is 0 Å². The van der Waals surface area contributed by atoms with Crippen LogP contribution in [0.4, 0.5) is 5.82 Å². The molecule has 8 heteroatoms. The van der Waals surface area contributed by atoms with Crippen LogP contribution in [0.2, 0.25) is 0 Å². The number of methoxy groups -OCH3 is 1. The summed E-state index contributed by atoms with van der Waals surface area (Å²) >= 11 is 0. The highest BCUT2D eigenvalue weighted by molar-refractivity contribution is 6.08. The van der Waals surface area contributed by atoms with Crippen LogP contribution in [0.25, 0.3) is 22.6 Å². The Kier molecular flexibility index (Phi) is 5.72. The van der Waals surface area contributed by atoms with Crippen molar-refractivity contribution < 1.29 is 4.74 Å². The predicted molar refractivity (Wildman–Crippen MR) is 129 cm³/mol. The second kappa shape index (κ2) is 9.12. The zero-order valence-corrected chi connectivity index (χ0v) is 18.3. The lowest BCUT2D eigenvalue weighted by atomic mass is 10.1. The normalized spacial score (nSPS) is 13.7. The van der Waals surface area contributed by atoms with Gasteiger partial charge < -0.3 is 20.8 Å². The van der Waals surface area contributed by atoms with E-state index in [1.807, 2.05) is 47.1 Å². The van der Waals surface area contributed by atoms with Gasteiger partial charge >= 0.3 is 0 Å². The molecule has 0 unspecified atom stereocenters. The minimum absolute atomic E-state index is 0.574.